The SMILES string of the molecule is COCCN/C(N)=C/C=C(\N)C(=O)N=C(N)C1(c2ccc(-c3cnc(N)nc3)cc2)CCC1. The number of carbonyl (C=O) groups is 1. The number of hydrogen-bond acceptors (Lipinski definition) is 8. The van der Waals surface area contributed by atoms with Gasteiger partial charge < -0.3 is 33.0 Å². The summed E-state index contributed by atoms with van der Waals surface area (Å²) >= 11 is 0. The highest BCUT2D eigenvalue weighted by Gasteiger charge is 2.42. The lowest BCUT2D eigenvalue weighted by Crippen LogP contribution is -2.47. The van der Waals surface area contributed by atoms with E-state index in [1.54, 1.807) is 19.5 Å². The molecule has 1 aromatic carbocycles. The molecule has 10 nitrogen and oxygen atoms in total. The van der Waals surface area contributed by atoms with E-state index in [2.05, 4.69) is 20.3 Å². The summed E-state index contributed by atoms with van der Waals surface area (Å²) < 4.78 is 4.94. The Labute approximate surface area is 192 Å². The van der Waals surface area contributed by atoms with Crippen LogP contribution in [0.2, 0.25) is 0 Å². The van der Waals surface area contributed by atoms with Crippen LogP contribution in [0.3, 0.4) is 0 Å². The fraction of sp³-hybridized carbons (Fsp3) is 0.304. The van der Waals surface area contributed by atoms with Crippen molar-refractivity contribution in [1.82, 2.24) is 15.3 Å². The van der Waals surface area contributed by atoms with Crippen molar-refractivity contribution < 1.29 is 9.53 Å². The number of allylic oxidation sites excluding steroid dienone is 2. The number of carbonyl (C=O) groups excluding carboxylic acids is 1. The van der Waals surface area contributed by atoms with E-state index in [9.17, 15) is 4.79 Å². The zero-order chi connectivity index (χ0) is 23.8. The molecular formula is C23H30N8O2. The van der Waals surface area contributed by atoms with Crippen molar-refractivity contribution in [3.8, 4) is 11.1 Å². The normalized spacial score (nSPS) is 16.2. The van der Waals surface area contributed by atoms with Crippen LogP contribution in [-0.2, 0) is 14.9 Å². The van der Waals surface area contributed by atoms with Crippen molar-refractivity contribution in [2.45, 2.75) is 24.7 Å². The first-order chi connectivity index (χ1) is 15.9. The molecule has 1 saturated carbocycles. The van der Waals surface area contributed by atoms with Gasteiger partial charge in [0.1, 0.15) is 5.84 Å². The maximum atomic E-state index is 12.5. The molecule has 10 heteroatoms. The van der Waals surface area contributed by atoms with Crippen molar-refractivity contribution in [2.75, 3.05) is 26.0 Å². The van der Waals surface area contributed by atoms with Crippen LogP contribution in [0, 0.1) is 0 Å². The number of rotatable bonds is 9. The Balaban J connectivity index is 1.74. The second kappa shape index (κ2) is 10.6. The molecule has 3 rings (SSSR count). The summed E-state index contributed by atoms with van der Waals surface area (Å²) in [6, 6.07) is 7.92. The summed E-state index contributed by atoms with van der Waals surface area (Å²) in [5.41, 5.74) is 25.9. The van der Waals surface area contributed by atoms with Gasteiger partial charge in [0.15, 0.2) is 0 Å². The highest BCUT2D eigenvalue weighted by atomic mass is 16.5. The van der Waals surface area contributed by atoms with Gasteiger partial charge in [0.2, 0.25) is 5.95 Å². The van der Waals surface area contributed by atoms with E-state index in [4.69, 9.17) is 27.7 Å². The molecular weight excluding hydrogens is 420 g/mol. The summed E-state index contributed by atoms with van der Waals surface area (Å²) in [4.78, 5) is 24.7. The van der Waals surface area contributed by atoms with E-state index in [0.717, 1.165) is 36.0 Å². The van der Waals surface area contributed by atoms with Crippen LogP contribution >= 0.6 is 0 Å². The molecule has 1 aliphatic carbocycles. The second-order valence-electron chi connectivity index (χ2n) is 7.81. The number of anilines is 1. The number of ether oxygens (including phenoxy) is 1. The van der Waals surface area contributed by atoms with E-state index in [0.29, 0.717) is 19.0 Å². The molecule has 0 bridgehead atoms. The summed E-state index contributed by atoms with van der Waals surface area (Å²) in [6.45, 7) is 1.04. The third-order valence-electron chi connectivity index (χ3n) is 5.69. The fourth-order valence-electron chi connectivity index (χ4n) is 3.58. The minimum absolute atomic E-state index is 0.0531. The van der Waals surface area contributed by atoms with E-state index >= 15 is 0 Å². The van der Waals surface area contributed by atoms with Crippen LogP contribution in [0.4, 0.5) is 5.95 Å². The third-order valence-corrected chi connectivity index (χ3v) is 5.69. The Morgan fingerprint density at radius 2 is 1.79 bits per heavy atom. The minimum atomic E-state index is -0.602. The first kappa shape index (κ1) is 23.7. The van der Waals surface area contributed by atoms with Crippen molar-refractivity contribution >= 4 is 17.7 Å². The standard InChI is InChI=1S/C23H30N8O2/c1-33-12-11-28-19(25)8-7-18(24)20(32)31-21(26)23(9-2-10-23)17-5-3-15(4-6-17)16-13-29-22(27)30-14-16/h3-8,13-14,28H,2,9-12,24-25H2,1H3,(H2,26,31,32)(H2,27,29,30)/b18-7-,19-8+. The molecule has 1 aliphatic rings. The van der Waals surface area contributed by atoms with Crippen LogP contribution in [0.5, 0.6) is 0 Å². The first-order valence-corrected chi connectivity index (χ1v) is 10.6. The lowest BCUT2D eigenvalue weighted by molar-refractivity contribution is -0.114. The second-order valence-corrected chi connectivity index (χ2v) is 7.81. The number of amidine groups is 1. The Hall–Kier alpha value is -3.92. The molecule has 1 aromatic heterocycles. The Morgan fingerprint density at radius 1 is 1.12 bits per heavy atom. The van der Waals surface area contributed by atoms with Gasteiger partial charge in [-0.3, -0.25) is 4.79 Å². The summed E-state index contributed by atoms with van der Waals surface area (Å²) in [6.07, 6.45) is 8.87. The highest BCUT2D eigenvalue weighted by Crippen LogP contribution is 2.44. The first-order valence-electron chi connectivity index (χ1n) is 10.6. The zero-order valence-corrected chi connectivity index (χ0v) is 18.6. The van der Waals surface area contributed by atoms with E-state index in [1.807, 2.05) is 24.3 Å². The quantitative estimate of drug-likeness (QED) is 0.122. The third kappa shape index (κ3) is 5.66. The Morgan fingerprint density at radius 3 is 2.36 bits per heavy atom. The van der Waals surface area contributed by atoms with Crippen molar-refractivity contribution in [2.24, 2.45) is 22.2 Å². The topological polar surface area (TPSA) is 181 Å². The van der Waals surface area contributed by atoms with Gasteiger partial charge in [0, 0.05) is 31.6 Å². The Bertz CT molecular complexity index is 1050. The number of aromatic nitrogens is 2. The number of benzene rings is 1. The van der Waals surface area contributed by atoms with Crippen LogP contribution in [0.25, 0.3) is 11.1 Å². The molecule has 1 amide bonds. The van der Waals surface area contributed by atoms with Crippen molar-refractivity contribution in [1.29, 1.82) is 0 Å². The van der Waals surface area contributed by atoms with Crippen LogP contribution < -0.4 is 28.3 Å². The minimum Gasteiger partial charge on any atom is -0.394 e. The predicted octanol–water partition coefficient (Wildman–Crippen LogP) is 0.910. The van der Waals surface area contributed by atoms with Crippen molar-refractivity contribution in [3.05, 3.63) is 65.9 Å². The van der Waals surface area contributed by atoms with Crippen LogP contribution in [0.15, 0.2) is 65.3 Å². The van der Waals surface area contributed by atoms with Gasteiger partial charge in [-0.05, 0) is 36.1 Å². The summed E-state index contributed by atoms with van der Waals surface area (Å²) in [7, 11) is 1.60. The monoisotopic (exact) mass is 450 g/mol. The maximum absolute atomic E-state index is 12.5. The number of aliphatic imine (C=N–C) groups is 1. The van der Waals surface area contributed by atoms with Gasteiger partial charge >= 0.3 is 0 Å². The molecule has 0 atom stereocenters. The number of amides is 1. The fourth-order valence-corrected chi connectivity index (χ4v) is 3.58. The average molecular weight is 451 g/mol. The van der Waals surface area contributed by atoms with Gasteiger partial charge in [-0.15, -0.1) is 0 Å². The molecule has 9 N–H and O–H groups in total. The van der Waals surface area contributed by atoms with E-state index in [-0.39, 0.29) is 17.5 Å². The molecule has 2 aromatic rings. The van der Waals surface area contributed by atoms with E-state index < -0.39 is 11.3 Å². The van der Waals surface area contributed by atoms with E-state index in [1.165, 1.54) is 12.2 Å². The molecule has 174 valence electrons. The largest absolute Gasteiger partial charge is 0.394 e. The molecule has 33 heavy (non-hydrogen) atoms. The van der Waals surface area contributed by atoms with Gasteiger partial charge in [-0.25, -0.2) is 9.97 Å². The summed E-state index contributed by atoms with van der Waals surface area (Å²) in [5, 5.41) is 2.93. The molecule has 0 unspecified atom stereocenters. The van der Waals surface area contributed by atoms with Crippen LogP contribution in [0.1, 0.15) is 24.8 Å². The van der Waals surface area contributed by atoms with Gasteiger partial charge in [0.05, 0.1) is 23.5 Å². The smallest absolute Gasteiger partial charge is 0.294 e. The number of hydrogen-bond donors (Lipinski definition) is 5. The molecule has 0 aliphatic heterocycles. The molecule has 1 fully saturated rings. The van der Waals surface area contributed by atoms with Crippen molar-refractivity contribution in [3.63, 3.8) is 0 Å². The number of nitrogens with zero attached hydrogens (tertiary/aromatic N) is 3. The lowest BCUT2D eigenvalue weighted by Gasteiger charge is -2.41. The average Bonchev–Trinajstić information content (AvgIpc) is 2.78. The number of nitrogens with two attached hydrogens (primary N) is 4. The lowest BCUT2D eigenvalue weighted by atomic mass is 9.63. The summed E-state index contributed by atoms with van der Waals surface area (Å²) in [5.74, 6) is 0.248. The predicted molar refractivity (Wildman–Crippen MR) is 128 cm³/mol. The molecule has 0 saturated heterocycles. The van der Waals surface area contributed by atoms with Gasteiger partial charge in [-0.1, -0.05) is 30.7 Å². The van der Waals surface area contributed by atoms with Crippen LogP contribution in [-0.4, -0.2) is 42.0 Å². The number of nitrogen functional groups attached to an aromatic ring is 1. The Kier molecular flexibility index (Phi) is 7.62. The molecule has 0 radical (unpaired) electrons. The maximum Gasteiger partial charge on any atom is 0.294 e. The molecule has 0 spiro atoms. The highest BCUT2D eigenvalue weighted by molar-refractivity contribution is 6.05. The number of nitrogens with one attached hydrogen (secondary N) is 1. The van der Waals surface area contributed by atoms with Gasteiger partial charge in [-0.2, -0.15) is 4.99 Å². The number of methoxy groups -OCH3 is 1. The van der Waals surface area contributed by atoms with Gasteiger partial charge in [0.25, 0.3) is 5.91 Å². The molecule has 1 heterocycles. The zero-order valence-electron chi connectivity index (χ0n) is 18.6.